The lowest BCUT2D eigenvalue weighted by Crippen LogP contribution is -2.38. The minimum Gasteiger partial charge on any atom is -0.366 e. The van der Waals surface area contributed by atoms with Gasteiger partial charge in [0.1, 0.15) is 0 Å². The van der Waals surface area contributed by atoms with Gasteiger partial charge in [-0.3, -0.25) is 4.90 Å². The van der Waals surface area contributed by atoms with Crippen LogP contribution in [0.5, 0.6) is 0 Å². The van der Waals surface area contributed by atoms with Gasteiger partial charge in [0.25, 0.3) is 0 Å². The van der Waals surface area contributed by atoms with Gasteiger partial charge < -0.3 is 4.74 Å². The van der Waals surface area contributed by atoms with E-state index in [1.165, 1.54) is 0 Å². The van der Waals surface area contributed by atoms with Crippen molar-refractivity contribution in [1.82, 2.24) is 4.90 Å². The minimum absolute atomic E-state index is 0.571. The first-order valence-corrected chi connectivity index (χ1v) is 4.43. The molecule has 0 N–H and O–H groups in total. The summed E-state index contributed by atoms with van der Waals surface area (Å²) in [4.78, 5) is 2.32. The summed E-state index contributed by atoms with van der Waals surface area (Å²) in [6, 6.07) is 1.14. The molecule has 0 aromatic heterocycles. The molecule has 0 bridgehead atoms. The number of nitrogens with zero attached hydrogens (tertiary/aromatic N) is 1. The lowest BCUT2D eigenvalue weighted by molar-refractivity contribution is 0.000169. The second kappa shape index (κ2) is 5.56. The summed E-state index contributed by atoms with van der Waals surface area (Å²) in [5, 5.41) is 0. The zero-order valence-corrected chi connectivity index (χ0v) is 8.42. The first-order valence-electron chi connectivity index (χ1n) is 4.43. The average molecular weight is 159 g/mol. The van der Waals surface area contributed by atoms with Crippen molar-refractivity contribution in [2.45, 2.75) is 46.7 Å². The van der Waals surface area contributed by atoms with Crippen molar-refractivity contribution in [1.29, 1.82) is 0 Å². The first kappa shape index (κ1) is 10.9. The molecule has 11 heavy (non-hydrogen) atoms. The van der Waals surface area contributed by atoms with Gasteiger partial charge in [0, 0.05) is 18.7 Å². The van der Waals surface area contributed by atoms with Gasteiger partial charge in [-0.15, -0.1) is 0 Å². The molecular weight excluding hydrogens is 138 g/mol. The highest BCUT2D eigenvalue weighted by molar-refractivity contribution is 4.62. The van der Waals surface area contributed by atoms with Crippen LogP contribution in [-0.2, 0) is 4.74 Å². The monoisotopic (exact) mass is 159 g/mol. The predicted octanol–water partition coefficient (Wildman–Crippen LogP) is 2.10. The van der Waals surface area contributed by atoms with E-state index in [2.05, 4.69) is 32.6 Å². The SMILES string of the molecule is CCOCN(C(C)C)C(C)C. The molecule has 0 fully saturated rings. The number of ether oxygens (including phenoxy) is 1. The van der Waals surface area contributed by atoms with Crippen LogP contribution < -0.4 is 0 Å². The van der Waals surface area contributed by atoms with Crippen LogP contribution in [0.3, 0.4) is 0 Å². The van der Waals surface area contributed by atoms with E-state index in [0.717, 1.165) is 13.3 Å². The van der Waals surface area contributed by atoms with Gasteiger partial charge in [-0.25, -0.2) is 0 Å². The standard InChI is InChI=1S/C9H21NO/c1-6-11-7-10(8(2)3)9(4)5/h8-9H,6-7H2,1-5H3. The molecule has 0 aliphatic carbocycles. The number of rotatable bonds is 5. The normalized spacial score (nSPS) is 12.0. The molecule has 0 amide bonds. The van der Waals surface area contributed by atoms with Crippen molar-refractivity contribution in [2.24, 2.45) is 0 Å². The Hall–Kier alpha value is -0.0800. The van der Waals surface area contributed by atoms with E-state index >= 15 is 0 Å². The van der Waals surface area contributed by atoms with Crippen LogP contribution in [0.4, 0.5) is 0 Å². The van der Waals surface area contributed by atoms with Crippen LogP contribution in [0.15, 0.2) is 0 Å². The molecule has 0 rings (SSSR count). The van der Waals surface area contributed by atoms with Crippen molar-refractivity contribution in [3.8, 4) is 0 Å². The Morgan fingerprint density at radius 3 is 1.82 bits per heavy atom. The Morgan fingerprint density at radius 2 is 1.55 bits per heavy atom. The summed E-state index contributed by atoms with van der Waals surface area (Å²) in [6.45, 7) is 12.4. The molecule has 2 heteroatoms. The molecule has 0 aliphatic rings. The molecule has 0 unspecified atom stereocenters. The molecule has 2 nitrogen and oxygen atoms in total. The van der Waals surface area contributed by atoms with Gasteiger partial charge >= 0.3 is 0 Å². The van der Waals surface area contributed by atoms with Gasteiger partial charge in [0.15, 0.2) is 0 Å². The van der Waals surface area contributed by atoms with E-state index in [4.69, 9.17) is 4.74 Å². The van der Waals surface area contributed by atoms with Crippen LogP contribution in [0, 0.1) is 0 Å². The Kier molecular flexibility index (Phi) is 5.51. The Labute approximate surface area is 70.5 Å². The van der Waals surface area contributed by atoms with Crippen LogP contribution in [-0.4, -0.2) is 30.3 Å². The van der Waals surface area contributed by atoms with E-state index in [1.807, 2.05) is 6.92 Å². The second-order valence-electron chi connectivity index (χ2n) is 3.32. The quantitative estimate of drug-likeness (QED) is 0.570. The largest absolute Gasteiger partial charge is 0.366 e. The van der Waals surface area contributed by atoms with Crippen LogP contribution >= 0.6 is 0 Å². The summed E-state index contributed by atoms with van der Waals surface area (Å²) in [6.07, 6.45) is 0. The molecule has 0 aromatic carbocycles. The maximum absolute atomic E-state index is 5.34. The van der Waals surface area contributed by atoms with Gasteiger partial charge in [-0.1, -0.05) is 0 Å². The smallest absolute Gasteiger partial charge is 0.0994 e. The molecule has 0 radical (unpaired) electrons. The van der Waals surface area contributed by atoms with E-state index in [9.17, 15) is 0 Å². The van der Waals surface area contributed by atoms with E-state index in [1.54, 1.807) is 0 Å². The Balaban J connectivity index is 3.70. The molecule has 0 atom stereocenters. The Bertz CT molecular complexity index is 83.6. The summed E-state index contributed by atoms with van der Waals surface area (Å²) in [5.41, 5.74) is 0. The summed E-state index contributed by atoms with van der Waals surface area (Å²) in [5.74, 6) is 0. The zero-order valence-electron chi connectivity index (χ0n) is 8.42. The maximum Gasteiger partial charge on any atom is 0.0994 e. The van der Waals surface area contributed by atoms with Gasteiger partial charge in [0.05, 0.1) is 6.73 Å². The maximum atomic E-state index is 5.34. The van der Waals surface area contributed by atoms with Crippen LogP contribution in [0.25, 0.3) is 0 Å². The van der Waals surface area contributed by atoms with Crippen molar-refractivity contribution >= 4 is 0 Å². The fourth-order valence-corrected chi connectivity index (χ4v) is 1.09. The van der Waals surface area contributed by atoms with Crippen LogP contribution in [0.2, 0.25) is 0 Å². The van der Waals surface area contributed by atoms with Crippen molar-refractivity contribution in [3.05, 3.63) is 0 Å². The first-order chi connectivity index (χ1) is 5.09. The molecule has 0 aliphatic heterocycles. The number of hydrogen-bond donors (Lipinski definition) is 0. The summed E-state index contributed by atoms with van der Waals surface area (Å²) >= 11 is 0. The van der Waals surface area contributed by atoms with Gasteiger partial charge in [0.2, 0.25) is 0 Å². The molecular formula is C9H21NO. The fraction of sp³-hybridized carbons (Fsp3) is 1.00. The highest BCUT2D eigenvalue weighted by atomic mass is 16.5. The third-order valence-corrected chi connectivity index (χ3v) is 1.77. The van der Waals surface area contributed by atoms with Crippen molar-refractivity contribution < 1.29 is 4.74 Å². The molecule has 0 saturated heterocycles. The third kappa shape index (κ3) is 4.38. The second-order valence-corrected chi connectivity index (χ2v) is 3.32. The Morgan fingerprint density at radius 1 is 1.09 bits per heavy atom. The van der Waals surface area contributed by atoms with Crippen molar-refractivity contribution in [2.75, 3.05) is 13.3 Å². The fourth-order valence-electron chi connectivity index (χ4n) is 1.09. The average Bonchev–Trinajstić information content (AvgIpc) is 1.87. The lowest BCUT2D eigenvalue weighted by atomic mass is 10.2. The minimum atomic E-state index is 0.571. The van der Waals surface area contributed by atoms with Gasteiger partial charge in [-0.2, -0.15) is 0 Å². The molecule has 68 valence electrons. The molecule has 0 heterocycles. The molecule has 0 aromatic rings. The highest BCUT2D eigenvalue weighted by Crippen LogP contribution is 2.03. The van der Waals surface area contributed by atoms with E-state index < -0.39 is 0 Å². The summed E-state index contributed by atoms with van der Waals surface area (Å²) < 4.78 is 5.34. The number of hydrogen-bond acceptors (Lipinski definition) is 2. The highest BCUT2D eigenvalue weighted by Gasteiger charge is 2.11. The topological polar surface area (TPSA) is 12.5 Å². The van der Waals surface area contributed by atoms with E-state index in [0.29, 0.717) is 12.1 Å². The third-order valence-electron chi connectivity index (χ3n) is 1.77. The molecule has 0 saturated carbocycles. The van der Waals surface area contributed by atoms with E-state index in [-0.39, 0.29) is 0 Å². The van der Waals surface area contributed by atoms with Crippen molar-refractivity contribution in [3.63, 3.8) is 0 Å². The predicted molar refractivity (Wildman–Crippen MR) is 48.6 cm³/mol. The van der Waals surface area contributed by atoms with Gasteiger partial charge in [-0.05, 0) is 34.6 Å². The summed E-state index contributed by atoms with van der Waals surface area (Å²) in [7, 11) is 0. The lowest BCUT2D eigenvalue weighted by Gasteiger charge is -2.29. The molecule has 0 spiro atoms. The zero-order chi connectivity index (χ0) is 8.85. The van der Waals surface area contributed by atoms with Crippen LogP contribution in [0.1, 0.15) is 34.6 Å².